The van der Waals surface area contributed by atoms with Gasteiger partial charge in [-0.15, -0.1) is 11.3 Å². The Hall–Kier alpha value is -2.16. The van der Waals surface area contributed by atoms with Crippen molar-refractivity contribution in [2.24, 2.45) is 5.92 Å². The smallest absolute Gasteiger partial charge is 0.408 e. The predicted octanol–water partition coefficient (Wildman–Crippen LogP) is 2.49. The summed E-state index contributed by atoms with van der Waals surface area (Å²) < 4.78 is 10.1. The Morgan fingerprint density at radius 3 is 2.46 bits per heavy atom. The van der Waals surface area contributed by atoms with Crippen molar-refractivity contribution in [1.29, 1.82) is 0 Å². The summed E-state index contributed by atoms with van der Waals surface area (Å²) in [6, 6.07) is -0.741. The lowest BCUT2D eigenvalue weighted by molar-refractivity contribution is -0.124. The van der Waals surface area contributed by atoms with Crippen molar-refractivity contribution < 1.29 is 23.9 Å². The number of carbonyl (C=O) groups is 3. The molecule has 0 aliphatic rings. The highest BCUT2D eigenvalue weighted by Crippen LogP contribution is 2.12. The number of rotatable bonds is 7. The molecule has 0 spiro atoms. The van der Waals surface area contributed by atoms with Gasteiger partial charge in [0.15, 0.2) is 5.69 Å². The molecule has 0 saturated carbocycles. The Kier molecular flexibility index (Phi) is 8.01. The van der Waals surface area contributed by atoms with Crippen LogP contribution in [0.25, 0.3) is 0 Å². The van der Waals surface area contributed by atoms with Gasteiger partial charge in [0.25, 0.3) is 0 Å². The Bertz CT molecular complexity index is 637. The van der Waals surface area contributed by atoms with Crippen LogP contribution in [0.1, 0.15) is 57.0 Å². The maximum atomic E-state index is 12.4. The van der Waals surface area contributed by atoms with Crippen molar-refractivity contribution in [3.05, 3.63) is 16.1 Å². The van der Waals surface area contributed by atoms with Gasteiger partial charge in [-0.3, -0.25) is 4.79 Å². The van der Waals surface area contributed by atoms with Crippen LogP contribution >= 0.6 is 11.3 Å². The zero-order chi connectivity index (χ0) is 19.9. The second-order valence-corrected chi connectivity index (χ2v) is 7.88. The minimum absolute atomic E-state index is 0.131. The van der Waals surface area contributed by atoms with Crippen molar-refractivity contribution in [1.82, 2.24) is 15.6 Å². The van der Waals surface area contributed by atoms with Gasteiger partial charge in [0.05, 0.1) is 13.2 Å². The van der Waals surface area contributed by atoms with Gasteiger partial charge in [-0.1, -0.05) is 13.8 Å². The lowest BCUT2D eigenvalue weighted by atomic mass is 10.0. The summed E-state index contributed by atoms with van der Waals surface area (Å²) >= 11 is 1.25. The van der Waals surface area contributed by atoms with Crippen LogP contribution in [0.3, 0.4) is 0 Å². The number of carbonyl (C=O) groups excluding carboxylic acids is 3. The van der Waals surface area contributed by atoms with Crippen LogP contribution in [0.4, 0.5) is 4.79 Å². The molecular weight excluding hydrogens is 358 g/mol. The van der Waals surface area contributed by atoms with E-state index in [1.54, 1.807) is 33.1 Å². The number of nitrogens with zero attached hydrogens (tertiary/aromatic N) is 1. The third-order valence-corrected chi connectivity index (χ3v) is 3.92. The van der Waals surface area contributed by atoms with E-state index in [1.807, 2.05) is 13.8 Å². The Balaban J connectivity index is 2.62. The predicted molar refractivity (Wildman–Crippen MR) is 97.9 cm³/mol. The Morgan fingerprint density at radius 1 is 1.27 bits per heavy atom. The van der Waals surface area contributed by atoms with Crippen LogP contribution in [-0.4, -0.2) is 41.2 Å². The Morgan fingerprint density at radius 2 is 1.92 bits per heavy atom. The van der Waals surface area contributed by atoms with Crippen molar-refractivity contribution in [2.75, 3.05) is 6.61 Å². The molecule has 1 aromatic heterocycles. The first-order valence-electron chi connectivity index (χ1n) is 8.42. The Labute approximate surface area is 157 Å². The average Bonchev–Trinajstić information content (AvgIpc) is 2.97. The highest BCUT2D eigenvalue weighted by molar-refractivity contribution is 7.09. The van der Waals surface area contributed by atoms with E-state index in [4.69, 9.17) is 9.47 Å². The van der Waals surface area contributed by atoms with Gasteiger partial charge in [-0.05, 0) is 33.6 Å². The molecule has 2 amide bonds. The molecular formula is C17H27N3O5S. The maximum absolute atomic E-state index is 12.4. The van der Waals surface area contributed by atoms with Crippen molar-refractivity contribution >= 4 is 29.3 Å². The molecule has 1 aromatic rings. The topological polar surface area (TPSA) is 107 Å². The number of hydrogen-bond donors (Lipinski definition) is 2. The number of esters is 1. The number of ether oxygens (including phenoxy) is 2. The van der Waals surface area contributed by atoms with Gasteiger partial charge in [0, 0.05) is 5.38 Å². The van der Waals surface area contributed by atoms with Crippen molar-refractivity contribution in [3.8, 4) is 0 Å². The van der Waals surface area contributed by atoms with Crippen LogP contribution in [-0.2, 0) is 20.8 Å². The molecule has 0 unspecified atom stereocenters. The van der Waals surface area contributed by atoms with Crippen LogP contribution < -0.4 is 10.6 Å². The molecule has 8 nitrogen and oxygen atoms in total. The largest absolute Gasteiger partial charge is 0.461 e. The van der Waals surface area contributed by atoms with Gasteiger partial charge in [-0.25, -0.2) is 14.6 Å². The molecule has 0 aromatic carbocycles. The second kappa shape index (κ2) is 9.51. The molecule has 1 rings (SSSR count). The number of alkyl carbamates (subject to hydrolysis) is 1. The minimum Gasteiger partial charge on any atom is -0.461 e. The number of amides is 2. The van der Waals surface area contributed by atoms with Crippen LogP contribution in [0.15, 0.2) is 5.38 Å². The summed E-state index contributed by atoms with van der Waals surface area (Å²) in [5.41, 5.74) is -0.430. The van der Waals surface area contributed by atoms with Crippen LogP contribution in [0.5, 0.6) is 0 Å². The van der Waals surface area contributed by atoms with E-state index in [-0.39, 0.29) is 30.7 Å². The number of nitrogens with one attached hydrogen (secondary N) is 2. The summed E-state index contributed by atoms with van der Waals surface area (Å²) in [5, 5.41) is 7.46. The van der Waals surface area contributed by atoms with Gasteiger partial charge >= 0.3 is 12.1 Å². The first kappa shape index (κ1) is 21.9. The van der Waals surface area contributed by atoms with Gasteiger partial charge in [0.1, 0.15) is 16.7 Å². The molecule has 1 heterocycles. The molecule has 26 heavy (non-hydrogen) atoms. The molecule has 1 atom stereocenters. The fourth-order valence-electron chi connectivity index (χ4n) is 1.93. The van der Waals surface area contributed by atoms with Crippen LogP contribution in [0, 0.1) is 5.92 Å². The molecule has 2 N–H and O–H groups in total. The summed E-state index contributed by atoms with van der Waals surface area (Å²) in [5.74, 6) is -0.972. The third kappa shape index (κ3) is 7.38. The molecule has 0 bridgehead atoms. The van der Waals surface area contributed by atoms with Crippen molar-refractivity contribution in [3.63, 3.8) is 0 Å². The van der Waals surface area contributed by atoms with E-state index in [1.165, 1.54) is 11.3 Å². The molecule has 0 saturated heterocycles. The maximum Gasteiger partial charge on any atom is 0.408 e. The molecule has 0 aliphatic heterocycles. The SMILES string of the molecule is CCOC(=O)c1csc(CNC(=O)[C@@H](NC(=O)OC(C)(C)C)C(C)C)n1. The second-order valence-electron chi connectivity index (χ2n) is 6.93. The van der Waals surface area contributed by atoms with E-state index in [0.717, 1.165) is 0 Å². The first-order chi connectivity index (χ1) is 12.0. The molecule has 0 aliphatic carbocycles. The molecule has 0 radical (unpaired) electrons. The first-order valence-corrected chi connectivity index (χ1v) is 9.30. The quantitative estimate of drug-likeness (QED) is 0.699. The number of hydrogen-bond acceptors (Lipinski definition) is 7. The van der Waals surface area contributed by atoms with E-state index >= 15 is 0 Å². The van der Waals surface area contributed by atoms with Gasteiger partial charge < -0.3 is 20.1 Å². The fraction of sp³-hybridized carbons (Fsp3) is 0.647. The fourth-order valence-corrected chi connectivity index (χ4v) is 2.64. The molecule has 0 fully saturated rings. The highest BCUT2D eigenvalue weighted by atomic mass is 32.1. The number of aromatic nitrogens is 1. The zero-order valence-electron chi connectivity index (χ0n) is 16.0. The summed E-state index contributed by atoms with van der Waals surface area (Å²) in [6.07, 6.45) is -0.648. The normalized spacial score (nSPS) is 12.4. The third-order valence-electron chi connectivity index (χ3n) is 3.07. The van der Waals surface area contributed by atoms with E-state index in [9.17, 15) is 14.4 Å². The zero-order valence-corrected chi connectivity index (χ0v) is 16.9. The van der Waals surface area contributed by atoms with E-state index < -0.39 is 23.7 Å². The summed E-state index contributed by atoms with van der Waals surface area (Å²) in [4.78, 5) is 40.1. The van der Waals surface area contributed by atoms with E-state index in [0.29, 0.717) is 5.01 Å². The highest BCUT2D eigenvalue weighted by Gasteiger charge is 2.27. The molecule has 146 valence electrons. The van der Waals surface area contributed by atoms with Gasteiger partial charge in [-0.2, -0.15) is 0 Å². The number of thiazole rings is 1. The molecule has 9 heteroatoms. The van der Waals surface area contributed by atoms with Gasteiger partial charge in [0.2, 0.25) is 5.91 Å². The summed E-state index contributed by atoms with van der Waals surface area (Å²) in [6.45, 7) is 11.0. The van der Waals surface area contributed by atoms with Crippen molar-refractivity contribution in [2.45, 2.75) is 59.7 Å². The monoisotopic (exact) mass is 385 g/mol. The average molecular weight is 385 g/mol. The standard InChI is InChI=1S/C17H27N3O5S/c1-7-24-15(22)11-9-26-12(19-11)8-18-14(21)13(10(2)3)20-16(23)25-17(4,5)6/h9-10,13H,7-8H2,1-6H3,(H,18,21)(H,20,23)/t13-/m0/s1. The van der Waals surface area contributed by atoms with Crippen LogP contribution in [0.2, 0.25) is 0 Å². The summed E-state index contributed by atoms with van der Waals surface area (Å²) in [7, 11) is 0. The minimum atomic E-state index is -0.741. The lowest BCUT2D eigenvalue weighted by Gasteiger charge is -2.25. The van der Waals surface area contributed by atoms with E-state index in [2.05, 4.69) is 15.6 Å². The lowest BCUT2D eigenvalue weighted by Crippen LogP contribution is -2.50.